The lowest BCUT2D eigenvalue weighted by Gasteiger charge is -2.28. The Labute approximate surface area is 119 Å². The second-order valence-electron chi connectivity index (χ2n) is 7.02. The molecular formula is C15H33N3O. The highest BCUT2D eigenvalue weighted by molar-refractivity contribution is 5.85. The molecule has 3 N–H and O–H groups in total. The molecule has 0 aromatic heterocycles. The minimum absolute atomic E-state index is 0.226. The first kappa shape index (κ1) is 18.2. The quantitative estimate of drug-likeness (QED) is 0.293. The molecule has 4 heteroatoms. The van der Waals surface area contributed by atoms with Gasteiger partial charge in [0.05, 0.1) is 0 Å². The van der Waals surface area contributed by atoms with E-state index in [-0.39, 0.29) is 5.41 Å². The summed E-state index contributed by atoms with van der Waals surface area (Å²) >= 11 is 0. The summed E-state index contributed by atoms with van der Waals surface area (Å²) in [5, 5.41) is 11.9. The minimum Gasteiger partial charge on any atom is -0.409 e. The Hall–Kier alpha value is -0.770. The monoisotopic (exact) mass is 271 g/mol. The number of hydrogen-bond donors (Lipinski definition) is 2. The zero-order valence-corrected chi connectivity index (χ0v) is 13.6. The van der Waals surface area contributed by atoms with Crippen molar-refractivity contribution in [3.05, 3.63) is 0 Å². The molecule has 0 bridgehead atoms. The number of amidine groups is 1. The maximum absolute atomic E-state index is 8.77. The van der Waals surface area contributed by atoms with Crippen LogP contribution in [-0.4, -0.2) is 35.6 Å². The molecule has 0 aromatic rings. The van der Waals surface area contributed by atoms with E-state index < -0.39 is 0 Å². The summed E-state index contributed by atoms with van der Waals surface area (Å²) in [6, 6.07) is 0. The smallest absolute Gasteiger partial charge is 0.144 e. The van der Waals surface area contributed by atoms with E-state index >= 15 is 0 Å². The molecule has 0 saturated heterocycles. The number of rotatable bonds is 9. The predicted molar refractivity (Wildman–Crippen MR) is 82.5 cm³/mol. The van der Waals surface area contributed by atoms with E-state index in [1.165, 1.54) is 0 Å². The van der Waals surface area contributed by atoms with Crippen LogP contribution < -0.4 is 5.73 Å². The normalized spacial score (nSPS) is 13.8. The van der Waals surface area contributed by atoms with Gasteiger partial charge in [-0.05, 0) is 31.2 Å². The average Bonchev–Trinajstić information content (AvgIpc) is 2.25. The maximum atomic E-state index is 8.77. The minimum atomic E-state index is -0.226. The average molecular weight is 271 g/mol. The van der Waals surface area contributed by atoms with E-state index in [1.54, 1.807) is 0 Å². The molecule has 0 spiro atoms. The van der Waals surface area contributed by atoms with Crippen molar-refractivity contribution in [3.63, 3.8) is 0 Å². The molecular weight excluding hydrogens is 238 g/mol. The van der Waals surface area contributed by atoms with E-state index in [0.717, 1.165) is 32.5 Å². The summed E-state index contributed by atoms with van der Waals surface area (Å²) in [6.07, 6.45) is 2.01. The van der Waals surface area contributed by atoms with Crippen LogP contribution in [0.15, 0.2) is 5.16 Å². The first-order chi connectivity index (χ1) is 8.69. The molecule has 114 valence electrons. The SMILES string of the molecule is CC(C)CN(CCCC(C)(C)C(N)=NO)CC(C)C. The molecule has 0 aromatic carbocycles. The van der Waals surface area contributed by atoms with Gasteiger partial charge in [-0.1, -0.05) is 46.7 Å². The van der Waals surface area contributed by atoms with Crippen molar-refractivity contribution < 1.29 is 5.21 Å². The molecule has 0 amide bonds. The van der Waals surface area contributed by atoms with Crippen LogP contribution in [0, 0.1) is 17.3 Å². The van der Waals surface area contributed by atoms with Crippen molar-refractivity contribution in [3.8, 4) is 0 Å². The third-order valence-electron chi connectivity index (χ3n) is 3.32. The molecule has 0 radical (unpaired) electrons. The maximum Gasteiger partial charge on any atom is 0.144 e. The van der Waals surface area contributed by atoms with Crippen molar-refractivity contribution in [1.29, 1.82) is 0 Å². The van der Waals surface area contributed by atoms with E-state index in [1.807, 2.05) is 13.8 Å². The summed E-state index contributed by atoms with van der Waals surface area (Å²) in [5.41, 5.74) is 5.49. The van der Waals surface area contributed by atoms with Crippen LogP contribution in [0.25, 0.3) is 0 Å². The Kier molecular flexibility index (Phi) is 8.07. The Morgan fingerprint density at radius 3 is 2.00 bits per heavy atom. The second-order valence-corrected chi connectivity index (χ2v) is 7.02. The van der Waals surface area contributed by atoms with Crippen molar-refractivity contribution in [2.45, 2.75) is 54.4 Å². The highest BCUT2D eigenvalue weighted by Gasteiger charge is 2.23. The van der Waals surface area contributed by atoms with Gasteiger partial charge in [0.1, 0.15) is 5.84 Å². The molecule has 0 aliphatic carbocycles. The molecule has 19 heavy (non-hydrogen) atoms. The van der Waals surface area contributed by atoms with Crippen molar-refractivity contribution >= 4 is 5.84 Å². The molecule has 0 aliphatic rings. The molecule has 0 heterocycles. The van der Waals surface area contributed by atoms with Crippen LogP contribution >= 0.6 is 0 Å². The van der Waals surface area contributed by atoms with Gasteiger partial charge in [-0.3, -0.25) is 0 Å². The van der Waals surface area contributed by atoms with Crippen LogP contribution in [-0.2, 0) is 0 Å². The van der Waals surface area contributed by atoms with Gasteiger partial charge in [0.2, 0.25) is 0 Å². The highest BCUT2D eigenvalue weighted by Crippen LogP contribution is 2.22. The largest absolute Gasteiger partial charge is 0.409 e. The zero-order valence-electron chi connectivity index (χ0n) is 13.6. The number of hydrogen-bond acceptors (Lipinski definition) is 3. The molecule has 0 rings (SSSR count). The Morgan fingerprint density at radius 2 is 1.63 bits per heavy atom. The summed E-state index contributed by atoms with van der Waals surface area (Å²) in [6.45, 7) is 16.4. The van der Waals surface area contributed by atoms with Crippen LogP contribution in [0.3, 0.4) is 0 Å². The van der Waals surface area contributed by atoms with Gasteiger partial charge in [0.25, 0.3) is 0 Å². The van der Waals surface area contributed by atoms with Gasteiger partial charge in [-0.15, -0.1) is 0 Å². The van der Waals surface area contributed by atoms with Gasteiger partial charge in [-0.2, -0.15) is 0 Å². The zero-order chi connectivity index (χ0) is 15.1. The van der Waals surface area contributed by atoms with Crippen LogP contribution in [0.5, 0.6) is 0 Å². The van der Waals surface area contributed by atoms with Gasteiger partial charge in [0, 0.05) is 18.5 Å². The lowest BCUT2D eigenvalue weighted by molar-refractivity contribution is 0.209. The molecule has 4 nitrogen and oxygen atoms in total. The van der Waals surface area contributed by atoms with E-state index in [4.69, 9.17) is 10.9 Å². The summed E-state index contributed by atoms with van der Waals surface area (Å²) in [7, 11) is 0. The van der Waals surface area contributed by atoms with Crippen molar-refractivity contribution in [2.75, 3.05) is 19.6 Å². The third kappa shape index (κ3) is 8.09. The highest BCUT2D eigenvalue weighted by atomic mass is 16.4. The van der Waals surface area contributed by atoms with Crippen molar-refractivity contribution in [2.24, 2.45) is 28.1 Å². The summed E-state index contributed by atoms with van der Waals surface area (Å²) < 4.78 is 0. The second kappa shape index (κ2) is 8.41. The molecule has 0 saturated carbocycles. The van der Waals surface area contributed by atoms with Crippen LogP contribution in [0.1, 0.15) is 54.4 Å². The number of nitrogens with two attached hydrogens (primary N) is 1. The molecule has 0 aliphatic heterocycles. The van der Waals surface area contributed by atoms with E-state index in [2.05, 4.69) is 37.8 Å². The van der Waals surface area contributed by atoms with Crippen LogP contribution in [0.2, 0.25) is 0 Å². The molecule has 0 atom stereocenters. The van der Waals surface area contributed by atoms with E-state index in [9.17, 15) is 0 Å². The third-order valence-corrected chi connectivity index (χ3v) is 3.32. The van der Waals surface area contributed by atoms with Crippen molar-refractivity contribution in [1.82, 2.24) is 4.90 Å². The fourth-order valence-electron chi connectivity index (χ4n) is 2.30. The van der Waals surface area contributed by atoms with E-state index in [0.29, 0.717) is 17.7 Å². The first-order valence-corrected chi connectivity index (χ1v) is 7.39. The first-order valence-electron chi connectivity index (χ1n) is 7.39. The fraction of sp³-hybridized carbons (Fsp3) is 0.933. The Morgan fingerprint density at radius 1 is 1.16 bits per heavy atom. The number of nitrogens with zero attached hydrogens (tertiary/aromatic N) is 2. The fourth-order valence-corrected chi connectivity index (χ4v) is 2.30. The molecule has 0 fully saturated rings. The summed E-state index contributed by atoms with van der Waals surface area (Å²) in [4.78, 5) is 2.53. The summed E-state index contributed by atoms with van der Waals surface area (Å²) in [5.74, 6) is 1.71. The van der Waals surface area contributed by atoms with Crippen LogP contribution in [0.4, 0.5) is 0 Å². The van der Waals surface area contributed by atoms with Gasteiger partial charge in [0.15, 0.2) is 0 Å². The lowest BCUT2D eigenvalue weighted by atomic mass is 9.86. The van der Waals surface area contributed by atoms with Gasteiger partial charge >= 0.3 is 0 Å². The van der Waals surface area contributed by atoms with Gasteiger partial charge in [-0.25, -0.2) is 0 Å². The standard InChI is InChI=1S/C15H33N3O/c1-12(2)10-18(11-13(3)4)9-7-8-15(5,6)14(16)17-19/h12-13,19H,7-11H2,1-6H3,(H2,16,17). The van der Waals surface area contributed by atoms with Gasteiger partial charge < -0.3 is 15.8 Å². The lowest BCUT2D eigenvalue weighted by Crippen LogP contribution is -2.35. The number of oxime groups is 1. The predicted octanol–water partition coefficient (Wildman–Crippen LogP) is 3.15. The Bertz CT molecular complexity index is 263. The topological polar surface area (TPSA) is 61.8 Å². The molecule has 0 unspecified atom stereocenters. The Balaban J connectivity index is 4.25.